The standard InChI is InChI=1S/C21H24N4OS/c26-12-14-3-5-25(6-4-14)18-7-16(8-18)21-24-19-2-1-15(9-20(19)27-21)17-10-22-13-23-11-17/h1-2,9-11,13-14,16,18,26H,3-8,12H2/t16-,18-. The smallest absolute Gasteiger partial charge is 0.115 e. The van der Waals surface area contributed by atoms with E-state index in [4.69, 9.17) is 4.98 Å². The average Bonchev–Trinajstić information content (AvgIpc) is 3.10. The lowest BCUT2D eigenvalue weighted by molar-refractivity contribution is 0.0565. The Bertz CT molecular complexity index is 914. The summed E-state index contributed by atoms with van der Waals surface area (Å²) >= 11 is 1.84. The number of piperidine rings is 1. The Hall–Kier alpha value is -1.89. The number of thiazole rings is 1. The van der Waals surface area contributed by atoms with Crippen LogP contribution in [-0.4, -0.2) is 50.7 Å². The van der Waals surface area contributed by atoms with E-state index >= 15 is 0 Å². The minimum atomic E-state index is 0.351. The fraction of sp³-hybridized carbons (Fsp3) is 0.476. The van der Waals surface area contributed by atoms with Crippen LogP contribution in [0.1, 0.15) is 36.6 Å². The fourth-order valence-electron chi connectivity index (χ4n) is 4.33. The van der Waals surface area contributed by atoms with E-state index in [1.165, 1.54) is 22.5 Å². The zero-order valence-electron chi connectivity index (χ0n) is 15.3. The quantitative estimate of drug-likeness (QED) is 0.748. The first-order chi connectivity index (χ1) is 13.3. The highest BCUT2D eigenvalue weighted by molar-refractivity contribution is 7.18. The topological polar surface area (TPSA) is 62.1 Å². The molecule has 3 aromatic rings. The predicted molar refractivity (Wildman–Crippen MR) is 108 cm³/mol. The number of benzene rings is 1. The number of aliphatic hydroxyl groups is 1. The number of fused-ring (bicyclic) bond motifs is 1. The minimum Gasteiger partial charge on any atom is -0.396 e. The van der Waals surface area contributed by atoms with E-state index in [1.54, 1.807) is 6.33 Å². The molecule has 1 N–H and O–H groups in total. The second-order valence-electron chi connectivity index (χ2n) is 7.85. The Morgan fingerprint density at radius 3 is 2.59 bits per heavy atom. The Morgan fingerprint density at radius 2 is 1.85 bits per heavy atom. The van der Waals surface area contributed by atoms with E-state index in [0.29, 0.717) is 24.5 Å². The molecule has 1 aromatic carbocycles. The number of nitrogens with zero attached hydrogens (tertiary/aromatic N) is 4. The summed E-state index contributed by atoms with van der Waals surface area (Å²) < 4.78 is 1.25. The van der Waals surface area contributed by atoms with Crippen molar-refractivity contribution in [2.45, 2.75) is 37.6 Å². The normalized spacial score (nSPS) is 24.2. The van der Waals surface area contributed by atoms with Crippen LogP contribution in [0.15, 0.2) is 36.9 Å². The maximum Gasteiger partial charge on any atom is 0.115 e. The molecule has 0 bridgehead atoms. The molecular formula is C21H24N4OS. The molecule has 0 radical (unpaired) electrons. The molecule has 140 valence electrons. The van der Waals surface area contributed by atoms with Gasteiger partial charge in [-0.15, -0.1) is 11.3 Å². The summed E-state index contributed by atoms with van der Waals surface area (Å²) in [5, 5.41) is 10.6. The molecular weight excluding hydrogens is 356 g/mol. The third-order valence-electron chi connectivity index (χ3n) is 6.19. The van der Waals surface area contributed by atoms with E-state index in [-0.39, 0.29) is 0 Å². The third-order valence-corrected chi connectivity index (χ3v) is 7.37. The zero-order chi connectivity index (χ0) is 18.2. The maximum absolute atomic E-state index is 9.31. The second-order valence-corrected chi connectivity index (χ2v) is 8.91. The van der Waals surface area contributed by atoms with Crippen molar-refractivity contribution in [2.75, 3.05) is 19.7 Å². The highest BCUT2D eigenvalue weighted by atomic mass is 32.1. The van der Waals surface area contributed by atoms with Gasteiger partial charge in [0, 0.05) is 36.5 Å². The Kier molecular flexibility index (Phi) is 4.63. The third kappa shape index (κ3) is 3.37. The van der Waals surface area contributed by atoms with E-state index in [9.17, 15) is 5.11 Å². The van der Waals surface area contributed by atoms with E-state index < -0.39 is 0 Å². The SMILES string of the molecule is OCC1CCN([C@H]2C[C@H](c3nc4ccc(-c5cncnc5)cc4s3)C2)CC1. The molecule has 0 spiro atoms. The van der Waals surface area contributed by atoms with Crippen LogP contribution in [0.5, 0.6) is 0 Å². The largest absolute Gasteiger partial charge is 0.396 e. The van der Waals surface area contributed by atoms with Gasteiger partial charge in [0.2, 0.25) is 0 Å². The van der Waals surface area contributed by atoms with Crippen LogP contribution in [0.4, 0.5) is 0 Å². The Labute approximate surface area is 163 Å². The van der Waals surface area contributed by atoms with E-state index in [1.807, 2.05) is 23.7 Å². The van der Waals surface area contributed by atoms with Gasteiger partial charge >= 0.3 is 0 Å². The number of hydrogen-bond donors (Lipinski definition) is 1. The van der Waals surface area contributed by atoms with Crippen LogP contribution in [0.2, 0.25) is 0 Å². The van der Waals surface area contributed by atoms with Crippen LogP contribution >= 0.6 is 11.3 Å². The van der Waals surface area contributed by atoms with Gasteiger partial charge in [0.1, 0.15) is 6.33 Å². The number of hydrogen-bond acceptors (Lipinski definition) is 6. The van der Waals surface area contributed by atoms with Gasteiger partial charge in [0.15, 0.2) is 0 Å². The average molecular weight is 381 g/mol. The van der Waals surface area contributed by atoms with Crippen LogP contribution < -0.4 is 0 Å². The molecule has 2 aliphatic rings. The van der Waals surface area contributed by atoms with Gasteiger partial charge in [-0.3, -0.25) is 0 Å². The van der Waals surface area contributed by atoms with E-state index in [2.05, 4.69) is 33.1 Å². The summed E-state index contributed by atoms with van der Waals surface area (Å²) in [5.41, 5.74) is 3.30. The number of likely N-dealkylation sites (tertiary alicyclic amines) is 1. The van der Waals surface area contributed by atoms with Crippen LogP contribution in [0.3, 0.4) is 0 Å². The van der Waals surface area contributed by atoms with Crippen molar-refractivity contribution in [1.29, 1.82) is 0 Å². The van der Waals surface area contributed by atoms with Crippen LogP contribution in [-0.2, 0) is 0 Å². The lowest BCUT2D eigenvalue weighted by Gasteiger charge is -2.45. The highest BCUT2D eigenvalue weighted by Crippen LogP contribution is 2.43. The summed E-state index contributed by atoms with van der Waals surface area (Å²) in [4.78, 5) is 15.8. The van der Waals surface area contributed by atoms with Crippen molar-refractivity contribution in [3.8, 4) is 11.1 Å². The first-order valence-corrected chi connectivity index (χ1v) is 10.6. The maximum atomic E-state index is 9.31. The van der Waals surface area contributed by atoms with Crippen molar-refractivity contribution in [3.05, 3.63) is 41.9 Å². The molecule has 5 nitrogen and oxygen atoms in total. The van der Waals surface area contributed by atoms with Crippen LogP contribution in [0, 0.1) is 5.92 Å². The van der Waals surface area contributed by atoms with Gasteiger partial charge in [-0.25, -0.2) is 15.0 Å². The summed E-state index contributed by atoms with van der Waals surface area (Å²) in [6, 6.07) is 7.15. The van der Waals surface area contributed by atoms with Crippen molar-refractivity contribution in [1.82, 2.24) is 19.9 Å². The molecule has 1 saturated carbocycles. The van der Waals surface area contributed by atoms with Gasteiger partial charge in [-0.1, -0.05) is 6.07 Å². The zero-order valence-corrected chi connectivity index (χ0v) is 16.1. The van der Waals surface area contributed by atoms with Gasteiger partial charge in [-0.05, 0) is 62.4 Å². The lowest BCUT2D eigenvalue weighted by atomic mass is 9.78. The molecule has 1 aliphatic heterocycles. The van der Waals surface area contributed by atoms with E-state index in [0.717, 1.165) is 42.6 Å². The lowest BCUT2D eigenvalue weighted by Crippen LogP contribution is -2.47. The highest BCUT2D eigenvalue weighted by Gasteiger charge is 2.37. The minimum absolute atomic E-state index is 0.351. The molecule has 5 rings (SSSR count). The fourth-order valence-corrected chi connectivity index (χ4v) is 5.47. The van der Waals surface area contributed by atoms with Crippen LogP contribution in [0.25, 0.3) is 21.3 Å². The molecule has 1 saturated heterocycles. The molecule has 0 unspecified atom stereocenters. The number of aliphatic hydroxyl groups excluding tert-OH is 1. The predicted octanol–water partition coefficient (Wildman–Crippen LogP) is 3.70. The molecule has 0 atom stereocenters. The number of aromatic nitrogens is 3. The van der Waals surface area contributed by atoms with Gasteiger partial charge in [0.25, 0.3) is 0 Å². The molecule has 3 heterocycles. The van der Waals surface area contributed by atoms with Gasteiger partial charge in [0.05, 0.1) is 15.2 Å². The molecule has 2 aromatic heterocycles. The summed E-state index contributed by atoms with van der Waals surface area (Å²) in [7, 11) is 0. The molecule has 1 aliphatic carbocycles. The summed E-state index contributed by atoms with van der Waals surface area (Å²) in [6.07, 6.45) is 10.0. The van der Waals surface area contributed by atoms with Crippen molar-refractivity contribution in [3.63, 3.8) is 0 Å². The molecule has 0 amide bonds. The second kappa shape index (κ2) is 7.26. The summed E-state index contributed by atoms with van der Waals surface area (Å²) in [5.74, 6) is 1.12. The number of rotatable bonds is 4. The monoisotopic (exact) mass is 380 g/mol. The Morgan fingerprint density at radius 1 is 1.07 bits per heavy atom. The molecule has 27 heavy (non-hydrogen) atoms. The molecule has 6 heteroatoms. The summed E-state index contributed by atoms with van der Waals surface area (Å²) in [6.45, 7) is 2.64. The van der Waals surface area contributed by atoms with Crippen molar-refractivity contribution >= 4 is 21.6 Å². The molecule has 2 fully saturated rings. The van der Waals surface area contributed by atoms with Crippen molar-refractivity contribution < 1.29 is 5.11 Å². The first kappa shape index (κ1) is 17.2. The van der Waals surface area contributed by atoms with Gasteiger partial charge < -0.3 is 10.0 Å². The van der Waals surface area contributed by atoms with Crippen molar-refractivity contribution in [2.24, 2.45) is 5.92 Å². The van der Waals surface area contributed by atoms with Gasteiger partial charge in [-0.2, -0.15) is 0 Å². The first-order valence-electron chi connectivity index (χ1n) is 9.81. The Balaban J connectivity index is 1.27.